The molecule has 20 heavy (non-hydrogen) atoms. The third kappa shape index (κ3) is 2.82. The quantitative estimate of drug-likeness (QED) is 0.479. The van der Waals surface area contributed by atoms with Crippen molar-refractivity contribution < 1.29 is 0 Å². The van der Waals surface area contributed by atoms with Crippen LogP contribution in [0.2, 0.25) is 5.28 Å². The lowest BCUT2D eigenvalue weighted by Gasteiger charge is -2.03. The number of rotatable bonds is 3. The molecule has 5 heteroatoms. The molecule has 0 radical (unpaired) electrons. The van der Waals surface area contributed by atoms with Crippen molar-refractivity contribution in [2.24, 2.45) is 0 Å². The molecule has 102 valence electrons. The van der Waals surface area contributed by atoms with Gasteiger partial charge >= 0.3 is 0 Å². The van der Waals surface area contributed by atoms with E-state index in [0.717, 1.165) is 26.6 Å². The second-order valence-corrected chi connectivity index (χ2v) is 7.01. The van der Waals surface area contributed by atoms with Crippen LogP contribution in [0.4, 0.5) is 0 Å². The molecule has 0 atom stereocenters. The second-order valence-electron chi connectivity index (χ2n) is 4.50. The van der Waals surface area contributed by atoms with E-state index in [4.69, 9.17) is 11.6 Å². The van der Waals surface area contributed by atoms with Gasteiger partial charge < -0.3 is 0 Å². The van der Waals surface area contributed by atoms with Crippen molar-refractivity contribution in [3.05, 3.63) is 46.1 Å². The van der Waals surface area contributed by atoms with Gasteiger partial charge in [0.15, 0.2) is 0 Å². The zero-order valence-electron chi connectivity index (χ0n) is 11.2. The summed E-state index contributed by atoms with van der Waals surface area (Å²) >= 11 is 9.36. The third-order valence-electron chi connectivity index (χ3n) is 2.97. The van der Waals surface area contributed by atoms with Gasteiger partial charge in [-0.3, -0.25) is 0 Å². The standard InChI is InChI=1S/C15H13ClN2S2/c1-3-10-8-12-13(19-10)17-15(16)18-14(12)20-11-6-4-9(2)5-7-11/h4-8H,3H2,1-2H3. The van der Waals surface area contributed by atoms with Crippen molar-refractivity contribution in [3.63, 3.8) is 0 Å². The molecule has 0 fully saturated rings. The molecule has 0 aliphatic carbocycles. The number of benzene rings is 1. The van der Waals surface area contributed by atoms with Crippen LogP contribution in [-0.4, -0.2) is 9.97 Å². The van der Waals surface area contributed by atoms with Crippen molar-refractivity contribution in [2.45, 2.75) is 30.2 Å². The van der Waals surface area contributed by atoms with Gasteiger partial charge in [-0.1, -0.05) is 36.4 Å². The van der Waals surface area contributed by atoms with Gasteiger partial charge in [0.25, 0.3) is 0 Å². The molecule has 2 heterocycles. The summed E-state index contributed by atoms with van der Waals surface area (Å²) in [5.74, 6) is 0. The Balaban J connectivity index is 2.05. The molecule has 2 aromatic heterocycles. The van der Waals surface area contributed by atoms with Crippen molar-refractivity contribution in [2.75, 3.05) is 0 Å². The molecular weight excluding hydrogens is 308 g/mol. The smallest absolute Gasteiger partial charge is 0.210 e. The lowest BCUT2D eigenvalue weighted by Crippen LogP contribution is -1.86. The number of hydrogen-bond acceptors (Lipinski definition) is 4. The number of nitrogens with zero attached hydrogens (tertiary/aromatic N) is 2. The first-order valence-electron chi connectivity index (χ1n) is 6.36. The third-order valence-corrected chi connectivity index (χ3v) is 5.32. The lowest BCUT2D eigenvalue weighted by molar-refractivity contribution is 1.11. The van der Waals surface area contributed by atoms with E-state index < -0.39 is 0 Å². The minimum atomic E-state index is 0.316. The van der Waals surface area contributed by atoms with Crippen LogP contribution in [0.25, 0.3) is 10.2 Å². The largest absolute Gasteiger partial charge is 0.224 e. The summed E-state index contributed by atoms with van der Waals surface area (Å²) in [4.78, 5) is 12.2. The predicted molar refractivity (Wildman–Crippen MR) is 87.1 cm³/mol. The summed E-state index contributed by atoms with van der Waals surface area (Å²) in [6, 6.07) is 10.6. The van der Waals surface area contributed by atoms with Gasteiger partial charge in [-0.25, -0.2) is 9.97 Å². The van der Waals surface area contributed by atoms with Crippen molar-refractivity contribution in [1.82, 2.24) is 9.97 Å². The van der Waals surface area contributed by atoms with Gasteiger partial charge in [-0.05, 0) is 43.1 Å². The number of halogens is 1. The number of aryl methyl sites for hydroxylation is 2. The van der Waals surface area contributed by atoms with Crippen LogP contribution in [0.5, 0.6) is 0 Å². The summed E-state index contributed by atoms with van der Waals surface area (Å²) < 4.78 is 0. The van der Waals surface area contributed by atoms with Gasteiger partial charge in [-0.15, -0.1) is 11.3 Å². The zero-order valence-corrected chi connectivity index (χ0v) is 13.6. The Morgan fingerprint density at radius 2 is 1.95 bits per heavy atom. The van der Waals surface area contributed by atoms with Gasteiger partial charge in [-0.2, -0.15) is 0 Å². The molecular formula is C15H13ClN2S2. The molecule has 3 aromatic rings. The average Bonchev–Trinajstić information content (AvgIpc) is 2.84. The van der Waals surface area contributed by atoms with Crippen LogP contribution >= 0.6 is 34.7 Å². The maximum atomic E-state index is 6.04. The van der Waals surface area contributed by atoms with Crippen molar-refractivity contribution in [1.29, 1.82) is 0 Å². The molecule has 0 unspecified atom stereocenters. The molecule has 3 rings (SSSR count). The van der Waals surface area contributed by atoms with Crippen LogP contribution in [0.1, 0.15) is 17.4 Å². The Bertz CT molecular complexity index is 750. The Kier molecular flexibility index (Phi) is 3.96. The summed E-state index contributed by atoms with van der Waals surface area (Å²) in [7, 11) is 0. The van der Waals surface area contributed by atoms with Crippen LogP contribution < -0.4 is 0 Å². The first kappa shape index (κ1) is 13.9. The maximum absolute atomic E-state index is 6.04. The van der Waals surface area contributed by atoms with E-state index in [0.29, 0.717) is 5.28 Å². The summed E-state index contributed by atoms with van der Waals surface area (Å²) in [6.07, 6.45) is 1.01. The molecule has 2 nitrogen and oxygen atoms in total. The normalized spacial score (nSPS) is 11.2. The van der Waals surface area contributed by atoms with E-state index in [2.05, 4.69) is 54.1 Å². The fourth-order valence-electron chi connectivity index (χ4n) is 1.89. The Morgan fingerprint density at radius 1 is 1.20 bits per heavy atom. The van der Waals surface area contributed by atoms with Crippen molar-refractivity contribution >= 4 is 44.9 Å². The molecule has 0 bridgehead atoms. The van der Waals surface area contributed by atoms with E-state index in [-0.39, 0.29) is 0 Å². The summed E-state index contributed by atoms with van der Waals surface area (Å²) in [5, 5.41) is 2.35. The summed E-state index contributed by atoms with van der Waals surface area (Å²) in [5.41, 5.74) is 1.25. The molecule has 0 amide bonds. The zero-order chi connectivity index (χ0) is 14.1. The average molecular weight is 321 g/mol. The Hall–Kier alpha value is -1.10. The molecule has 0 saturated heterocycles. The molecule has 0 N–H and O–H groups in total. The second kappa shape index (κ2) is 5.72. The van der Waals surface area contributed by atoms with Crippen LogP contribution in [0, 0.1) is 6.92 Å². The molecule has 0 aliphatic rings. The monoisotopic (exact) mass is 320 g/mol. The van der Waals surface area contributed by atoms with E-state index in [1.54, 1.807) is 23.1 Å². The first-order valence-corrected chi connectivity index (χ1v) is 8.37. The van der Waals surface area contributed by atoms with E-state index in [1.165, 1.54) is 10.4 Å². The fourth-order valence-corrected chi connectivity index (χ4v) is 4.08. The van der Waals surface area contributed by atoms with E-state index >= 15 is 0 Å². The minimum Gasteiger partial charge on any atom is -0.210 e. The van der Waals surface area contributed by atoms with E-state index in [9.17, 15) is 0 Å². The van der Waals surface area contributed by atoms with Gasteiger partial charge in [0, 0.05) is 15.2 Å². The number of hydrogen-bond donors (Lipinski definition) is 0. The SMILES string of the molecule is CCc1cc2c(Sc3ccc(C)cc3)nc(Cl)nc2s1. The minimum absolute atomic E-state index is 0.316. The predicted octanol–water partition coefficient (Wildman–Crippen LogP) is 5.37. The van der Waals surface area contributed by atoms with Crippen LogP contribution in [-0.2, 0) is 6.42 Å². The van der Waals surface area contributed by atoms with Crippen molar-refractivity contribution in [3.8, 4) is 0 Å². The van der Waals surface area contributed by atoms with Gasteiger partial charge in [0.05, 0.1) is 0 Å². The maximum Gasteiger partial charge on any atom is 0.224 e. The topological polar surface area (TPSA) is 25.8 Å². The van der Waals surface area contributed by atoms with Crippen LogP contribution in [0.15, 0.2) is 40.3 Å². The van der Waals surface area contributed by atoms with Gasteiger partial charge in [0.2, 0.25) is 5.28 Å². The highest BCUT2D eigenvalue weighted by atomic mass is 35.5. The van der Waals surface area contributed by atoms with E-state index in [1.807, 2.05) is 0 Å². The van der Waals surface area contributed by atoms with Gasteiger partial charge in [0.1, 0.15) is 9.86 Å². The Morgan fingerprint density at radius 3 is 2.65 bits per heavy atom. The van der Waals surface area contributed by atoms with Crippen LogP contribution in [0.3, 0.4) is 0 Å². The highest BCUT2D eigenvalue weighted by molar-refractivity contribution is 7.99. The summed E-state index contributed by atoms with van der Waals surface area (Å²) in [6.45, 7) is 4.23. The molecule has 1 aromatic carbocycles. The highest BCUT2D eigenvalue weighted by Gasteiger charge is 2.11. The molecule has 0 spiro atoms. The highest BCUT2D eigenvalue weighted by Crippen LogP contribution is 2.36. The number of aromatic nitrogens is 2. The number of fused-ring (bicyclic) bond motifs is 1. The number of thiophene rings is 1. The molecule has 0 aliphatic heterocycles. The fraction of sp³-hybridized carbons (Fsp3) is 0.200. The molecule has 0 saturated carbocycles. The lowest BCUT2D eigenvalue weighted by atomic mass is 10.2. The first-order chi connectivity index (χ1) is 9.65. The Labute approximate surface area is 131 Å².